The van der Waals surface area contributed by atoms with Crippen molar-refractivity contribution in [3.8, 4) is 0 Å². The first-order valence-corrected chi connectivity index (χ1v) is 6.17. The van der Waals surface area contributed by atoms with E-state index in [0.717, 1.165) is 22.5 Å². The minimum absolute atomic E-state index is 0.682. The summed E-state index contributed by atoms with van der Waals surface area (Å²) in [5.41, 5.74) is 6.38. The summed E-state index contributed by atoms with van der Waals surface area (Å²) in [6, 6.07) is 11.7. The van der Waals surface area contributed by atoms with E-state index in [4.69, 9.17) is 0 Å². The minimum atomic E-state index is 0.682. The number of benzene rings is 1. The molecule has 4 rings (SSSR count). The molecule has 0 spiro atoms. The van der Waals surface area contributed by atoms with Crippen LogP contribution in [0.4, 0.5) is 5.69 Å². The number of hydrogen-bond acceptors (Lipinski definition) is 5. The van der Waals surface area contributed by atoms with Crippen LogP contribution in [0, 0.1) is 0 Å². The summed E-state index contributed by atoms with van der Waals surface area (Å²) >= 11 is 0. The first-order chi connectivity index (χ1) is 9.92. The highest BCUT2D eigenvalue weighted by molar-refractivity contribution is 5.93. The average Bonchev–Trinajstić information content (AvgIpc) is 3.07. The van der Waals surface area contributed by atoms with Gasteiger partial charge in [0.1, 0.15) is 11.8 Å². The zero-order valence-corrected chi connectivity index (χ0v) is 10.4. The zero-order valence-electron chi connectivity index (χ0n) is 10.4. The predicted molar refractivity (Wildman–Crippen MR) is 77.1 cm³/mol. The van der Waals surface area contributed by atoms with E-state index in [9.17, 15) is 0 Å². The van der Waals surface area contributed by atoms with E-state index in [0.29, 0.717) is 5.65 Å². The summed E-state index contributed by atoms with van der Waals surface area (Å²) in [7, 11) is 0. The number of aromatic nitrogens is 4. The van der Waals surface area contributed by atoms with Gasteiger partial charge in [-0.1, -0.05) is 18.2 Å². The Bertz CT molecular complexity index is 880. The van der Waals surface area contributed by atoms with Crippen molar-refractivity contribution >= 4 is 28.6 Å². The lowest BCUT2D eigenvalue weighted by Crippen LogP contribution is -1.94. The molecule has 0 saturated carbocycles. The zero-order chi connectivity index (χ0) is 13.4. The van der Waals surface area contributed by atoms with Gasteiger partial charge in [-0.2, -0.15) is 5.10 Å². The number of anilines is 1. The standard InChI is InChI=1S/C14H10N6/c1-2-4-10(5-3-1)19-17-8-12-18-14-13-11(15-9-16-14)6-7-20(12)13/h1-9,19H. The van der Waals surface area contributed by atoms with Gasteiger partial charge in [-0.05, 0) is 18.2 Å². The van der Waals surface area contributed by atoms with Crippen LogP contribution in [0.15, 0.2) is 54.0 Å². The number of hydrazone groups is 1. The summed E-state index contributed by atoms with van der Waals surface area (Å²) in [6.45, 7) is 0. The van der Waals surface area contributed by atoms with E-state index in [1.807, 2.05) is 47.0 Å². The molecule has 0 aliphatic heterocycles. The molecule has 0 radical (unpaired) electrons. The van der Waals surface area contributed by atoms with Crippen LogP contribution in [0.3, 0.4) is 0 Å². The molecule has 6 heteroatoms. The molecule has 0 aliphatic carbocycles. The topological polar surface area (TPSA) is 67.5 Å². The molecule has 0 fully saturated rings. The summed E-state index contributed by atoms with van der Waals surface area (Å²) in [6.07, 6.45) is 5.12. The Balaban J connectivity index is 1.69. The molecule has 3 aromatic heterocycles. The molecule has 0 saturated heterocycles. The summed E-state index contributed by atoms with van der Waals surface area (Å²) in [5, 5.41) is 4.20. The van der Waals surface area contributed by atoms with Crippen molar-refractivity contribution in [2.75, 3.05) is 5.43 Å². The van der Waals surface area contributed by atoms with Gasteiger partial charge in [-0.3, -0.25) is 9.83 Å². The van der Waals surface area contributed by atoms with Gasteiger partial charge in [0.05, 0.1) is 17.4 Å². The Morgan fingerprint density at radius 2 is 2.00 bits per heavy atom. The molecule has 1 aromatic carbocycles. The van der Waals surface area contributed by atoms with Crippen LogP contribution in [-0.2, 0) is 0 Å². The van der Waals surface area contributed by atoms with Gasteiger partial charge in [0.25, 0.3) is 0 Å². The van der Waals surface area contributed by atoms with Gasteiger partial charge in [-0.25, -0.2) is 15.0 Å². The monoisotopic (exact) mass is 262 g/mol. The molecule has 1 N–H and O–H groups in total. The first-order valence-electron chi connectivity index (χ1n) is 6.17. The normalized spacial score (nSPS) is 11.8. The van der Waals surface area contributed by atoms with E-state index in [1.165, 1.54) is 6.33 Å². The highest BCUT2D eigenvalue weighted by atomic mass is 15.3. The fraction of sp³-hybridized carbons (Fsp3) is 0. The number of rotatable bonds is 3. The molecule has 0 bridgehead atoms. The van der Waals surface area contributed by atoms with Gasteiger partial charge >= 0.3 is 0 Å². The Morgan fingerprint density at radius 1 is 1.10 bits per heavy atom. The van der Waals surface area contributed by atoms with Gasteiger partial charge in [-0.15, -0.1) is 0 Å². The van der Waals surface area contributed by atoms with Crippen molar-refractivity contribution in [1.29, 1.82) is 0 Å². The molecular formula is C14H10N6. The highest BCUT2D eigenvalue weighted by Crippen LogP contribution is 2.18. The maximum absolute atomic E-state index is 4.43. The van der Waals surface area contributed by atoms with Crippen molar-refractivity contribution in [3.63, 3.8) is 0 Å². The molecule has 20 heavy (non-hydrogen) atoms. The first kappa shape index (κ1) is 10.9. The summed E-state index contributed by atoms with van der Waals surface area (Å²) < 4.78 is 1.93. The van der Waals surface area contributed by atoms with Crippen molar-refractivity contribution in [2.45, 2.75) is 0 Å². The van der Waals surface area contributed by atoms with Crippen LogP contribution in [0.25, 0.3) is 16.7 Å². The summed E-state index contributed by atoms with van der Waals surface area (Å²) in [4.78, 5) is 12.8. The third-order valence-electron chi connectivity index (χ3n) is 3.07. The number of nitrogens with one attached hydrogen (secondary N) is 1. The van der Waals surface area contributed by atoms with Crippen molar-refractivity contribution in [3.05, 3.63) is 54.7 Å². The third kappa shape index (κ3) is 1.66. The smallest absolute Gasteiger partial charge is 0.182 e. The lowest BCUT2D eigenvalue weighted by molar-refractivity contribution is 1.14. The van der Waals surface area contributed by atoms with Crippen LogP contribution in [0.2, 0.25) is 0 Å². The van der Waals surface area contributed by atoms with Crippen molar-refractivity contribution in [1.82, 2.24) is 19.4 Å². The van der Waals surface area contributed by atoms with Crippen LogP contribution in [0.1, 0.15) is 5.82 Å². The van der Waals surface area contributed by atoms with Crippen molar-refractivity contribution in [2.24, 2.45) is 5.10 Å². The number of para-hydroxylation sites is 1. The van der Waals surface area contributed by atoms with Gasteiger partial charge in [0, 0.05) is 6.20 Å². The number of hydrogen-bond donors (Lipinski definition) is 1. The van der Waals surface area contributed by atoms with E-state index in [1.54, 1.807) is 6.21 Å². The SMILES string of the molecule is C(=NNc1ccccc1)c1nc2ncnc3ccn1c32. The second-order valence-corrected chi connectivity index (χ2v) is 4.32. The Labute approximate surface area is 114 Å². The van der Waals surface area contributed by atoms with Crippen LogP contribution in [-0.4, -0.2) is 25.6 Å². The molecule has 0 amide bonds. The maximum atomic E-state index is 4.43. The molecule has 0 unspecified atom stereocenters. The lowest BCUT2D eigenvalue weighted by atomic mass is 10.3. The second kappa shape index (κ2) is 4.27. The van der Waals surface area contributed by atoms with E-state index in [-0.39, 0.29) is 0 Å². The maximum Gasteiger partial charge on any atom is 0.182 e. The third-order valence-corrected chi connectivity index (χ3v) is 3.07. The van der Waals surface area contributed by atoms with Crippen LogP contribution < -0.4 is 5.43 Å². The molecule has 3 heterocycles. The Hall–Kier alpha value is -3.02. The van der Waals surface area contributed by atoms with Crippen LogP contribution >= 0.6 is 0 Å². The van der Waals surface area contributed by atoms with Gasteiger partial charge < -0.3 is 0 Å². The van der Waals surface area contributed by atoms with Gasteiger partial charge in [0.2, 0.25) is 0 Å². The van der Waals surface area contributed by atoms with E-state index >= 15 is 0 Å². The number of nitrogens with zero attached hydrogens (tertiary/aromatic N) is 5. The minimum Gasteiger partial charge on any atom is -0.295 e. The predicted octanol–water partition coefficient (Wildman–Crippen LogP) is 2.16. The highest BCUT2D eigenvalue weighted by Gasteiger charge is 2.11. The Kier molecular flexibility index (Phi) is 2.32. The Morgan fingerprint density at radius 3 is 2.90 bits per heavy atom. The molecule has 4 aromatic rings. The quantitative estimate of drug-likeness (QED) is 0.454. The van der Waals surface area contributed by atoms with E-state index < -0.39 is 0 Å². The van der Waals surface area contributed by atoms with Crippen molar-refractivity contribution < 1.29 is 0 Å². The second-order valence-electron chi connectivity index (χ2n) is 4.32. The summed E-state index contributed by atoms with van der Waals surface area (Å²) in [5.74, 6) is 0.721. The molecular weight excluding hydrogens is 252 g/mol. The van der Waals surface area contributed by atoms with Gasteiger partial charge in [0.15, 0.2) is 11.5 Å². The lowest BCUT2D eigenvalue weighted by Gasteiger charge is -1.97. The largest absolute Gasteiger partial charge is 0.295 e. The number of imidazole rings is 1. The molecule has 6 nitrogen and oxygen atoms in total. The average molecular weight is 262 g/mol. The molecule has 0 atom stereocenters. The van der Waals surface area contributed by atoms with E-state index in [2.05, 4.69) is 25.5 Å². The fourth-order valence-corrected chi connectivity index (χ4v) is 2.16. The molecule has 0 aliphatic rings. The fourth-order valence-electron chi connectivity index (χ4n) is 2.16. The van der Waals surface area contributed by atoms with Crippen LogP contribution in [0.5, 0.6) is 0 Å². The molecule has 96 valence electrons.